The number of alkyl halides is 2. The van der Waals surface area contributed by atoms with Gasteiger partial charge in [-0.1, -0.05) is 56.1 Å². The van der Waals surface area contributed by atoms with Crippen molar-refractivity contribution >= 4 is 80.3 Å². The fraction of sp³-hybridized carbons (Fsp3) is 0.484. The molecule has 1 fully saturated rings. The van der Waals surface area contributed by atoms with Gasteiger partial charge in [-0.2, -0.15) is 8.42 Å². The Bertz CT molecular complexity index is 1680. The third-order valence-electron chi connectivity index (χ3n) is 7.07. The van der Waals surface area contributed by atoms with Crippen molar-refractivity contribution in [3.63, 3.8) is 0 Å². The molecule has 4 rings (SSSR count). The van der Waals surface area contributed by atoms with Crippen molar-refractivity contribution in [3.8, 4) is 5.75 Å². The second-order valence-electron chi connectivity index (χ2n) is 13.2. The van der Waals surface area contributed by atoms with E-state index >= 15 is 0 Å². The number of para-hydroxylation sites is 2. The average molecular weight is 726 g/mol. The maximum atomic E-state index is 12.7. The lowest BCUT2D eigenvalue weighted by Gasteiger charge is -2.37. The van der Waals surface area contributed by atoms with Crippen LogP contribution in [0.3, 0.4) is 0 Å². The Kier molecular flexibility index (Phi) is 11.0. The molecule has 0 aromatic heterocycles. The highest BCUT2D eigenvalue weighted by Crippen LogP contribution is 2.34. The maximum absolute atomic E-state index is 12.7. The first-order valence-corrected chi connectivity index (χ1v) is 17.4. The molecule has 1 saturated heterocycles. The Hall–Kier alpha value is -3.95. The first kappa shape index (κ1) is 36.9. The van der Waals surface area contributed by atoms with Crippen molar-refractivity contribution in [1.82, 2.24) is 9.62 Å². The van der Waals surface area contributed by atoms with Crippen molar-refractivity contribution < 1.29 is 27.5 Å². The zero-order chi connectivity index (χ0) is 35.5. The topological polar surface area (TPSA) is 166 Å². The number of benzene rings is 2. The number of rotatable bonds is 8. The molecule has 0 aliphatic carbocycles. The molecule has 2 aliphatic heterocycles. The Morgan fingerprint density at radius 3 is 2.21 bits per heavy atom. The Morgan fingerprint density at radius 1 is 0.958 bits per heavy atom. The van der Waals surface area contributed by atoms with Crippen LogP contribution in [-0.4, -0.2) is 86.9 Å². The molecule has 1 atom stereocenters. The van der Waals surface area contributed by atoms with E-state index < -0.39 is 37.6 Å². The summed E-state index contributed by atoms with van der Waals surface area (Å²) in [7, 11) is -2.72. The standard InChI is InChI=1S/C31H42Cl2N8O6S/c1-29(2,3)26(42)39-48(44,45)38-22-11-9-8-10-21(22)35-25-31(32,33)19-34-27(37-25)36-23-13-12-20(18-24(23)46-7)40-14-16-41(17-15-40)28(43)47-30(4,5)6/h8-13,18-19,25,35,38H,14-17H2,1-7H3,(H,36,37)(H,39,42). The summed E-state index contributed by atoms with van der Waals surface area (Å²) in [6.45, 7) is 12.6. The number of hydrogen-bond acceptors (Lipinski definition) is 11. The van der Waals surface area contributed by atoms with E-state index in [2.05, 4.69) is 30.2 Å². The number of ether oxygens (including phenoxy) is 2. The molecule has 262 valence electrons. The van der Waals surface area contributed by atoms with Gasteiger partial charge < -0.3 is 29.9 Å². The summed E-state index contributed by atoms with van der Waals surface area (Å²) in [6.07, 6.45) is -0.0277. The second kappa shape index (κ2) is 14.3. The summed E-state index contributed by atoms with van der Waals surface area (Å²) in [5.41, 5.74) is 0.432. The van der Waals surface area contributed by atoms with E-state index in [0.717, 1.165) is 5.69 Å². The quantitative estimate of drug-likeness (QED) is 0.273. The van der Waals surface area contributed by atoms with Crippen molar-refractivity contribution in [1.29, 1.82) is 0 Å². The Labute approximate surface area is 291 Å². The summed E-state index contributed by atoms with van der Waals surface area (Å²) in [5.74, 6) is 0.0149. The molecule has 2 aliphatic rings. The van der Waals surface area contributed by atoms with Gasteiger partial charge in [0, 0.05) is 49.6 Å². The number of guanidine groups is 1. The van der Waals surface area contributed by atoms with Crippen LogP contribution >= 0.6 is 23.2 Å². The number of anilines is 4. The summed E-state index contributed by atoms with van der Waals surface area (Å²) < 4.78 is 39.4. The molecule has 4 N–H and O–H groups in total. The van der Waals surface area contributed by atoms with Gasteiger partial charge in [-0.15, -0.1) is 0 Å². The zero-order valence-electron chi connectivity index (χ0n) is 27.9. The Morgan fingerprint density at radius 2 is 1.60 bits per heavy atom. The van der Waals surface area contributed by atoms with Crippen molar-refractivity contribution in [2.24, 2.45) is 15.4 Å². The number of methoxy groups -OCH3 is 1. The van der Waals surface area contributed by atoms with Crippen LogP contribution in [0.4, 0.5) is 27.5 Å². The van der Waals surface area contributed by atoms with Gasteiger partial charge >= 0.3 is 16.3 Å². The first-order chi connectivity index (χ1) is 22.3. The van der Waals surface area contributed by atoms with E-state index in [9.17, 15) is 18.0 Å². The van der Waals surface area contributed by atoms with E-state index in [4.69, 9.17) is 32.7 Å². The molecule has 2 amide bonds. The van der Waals surface area contributed by atoms with Crippen LogP contribution in [0.5, 0.6) is 5.75 Å². The number of nitrogens with zero attached hydrogens (tertiary/aromatic N) is 4. The molecule has 48 heavy (non-hydrogen) atoms. The van der Waals surface area contributed by atoms with Gasteiger partial charge in [0.15, 0.2) is 10.5 Å². The van der Waals surface area contributed by atoms with Crippen LogP contribution in [0.1, 0.15) is 41.5 Å². The van der Waals surface area contributed by atoms with Crippen LogP contribution in [0.15, 0.2) is 52.4 Å². The summed E-state index contributed by atoms with van der Waals surface area (Å²) in [6, 6.07) is 12.1. The summed E-state index contributed by atoms with van der Waals surface area (Å²) in [5, 5.41) is 6.21. The number of piperazine rings is 1. The van der Waals surface area contributed by atoms with Gasteiger partial charge in [0.05, 0.1) is 24.2 Å². The number of halogens is 2. The van der Waals surface area contributed by atoms with Crippen molar-refractivity contribution in [2.75, 3.05) is 53.5 Å². The van der Waals surface area contributed by atoms with Crippen LogP contribution in [0.2, 0.25) is 0 Å². The molecule has 17 heteroatoms. The van der Waals surface area contributed by atoms with Gasteiger partial charge in [-0.05, 0) is 45.0 Å². The van der Waals surface area contributed by atoms with E-state index in [0.29, 0.717) is 43.3 Å². The lowest BCUT2D eigenvalue weighted by Crippen LogP contribution is -2.50. The monoisotopic (exact) mass is 724 g/mol. The highest BCUT2D eigenvalue weighted by Gasteiger charge is 2.37. The number of nitrogens with one attached hydrogen (secondary N) is 4. The molecular formula is C31H42Cl2N8O6S. The minimum Gasteiger partial charge on any atom is -0.494 e. The second-order valence-corrected chi connectivity index (χ2v) is 16.1. The van der Waals surface area contributed by atoms with E-state index in [1.54, 1.807) is 51.0 Å². The van der Waals surface area contributed by atoms with E-state index in [1.807, 2.05) is 43.7 Å². The van der Waals surface area contributed by atoms with Gasteiger partial charge in [0.1, 0.15) is 11.4 Å². The predicted molar refractivity (Wildman–Crippen MR) is 191 cm³/mol. The maximum Gasteiger partial charge on any atom is 0.410 e. The smallest absolute Gasteiger partial charge is 0.410 e. The predicted octanol–water partition coefficient (Wildman–Crippen LogP) is 5.04. The van der Waals surface area contributed by atoms with Gasteiger partial charge in [-0.25, -0.2) is 19.5 Å². The lowest BCUT2D eigenvalue weighted by atomic mass is 9.96. The molecule has 14 nitrogen and oxygen atoms in total. The number of carbonyl (C=O) groups is 2. The van der Waals surface area contributed by atoms with E-state index in [-0.39, 0.29) is 17.7 Å². The van der Waals surface area contributed by atoms with Crippen LogP contribution in [0.25, 0.3) is 0 Å². The average Bonchev–Trinajstić information content (AvgIpc) is 2.98. The molecule has 2 heterocycles. The Balaban J connectivity index is 1.47. The third-order valence-corrected chi connectivity index (χ3v) is 8.63. The fourth-order valence-electron chi connectivity index (χ4n) is 4.52. The van der Waals surface area contributed by atoms with Crippen molar-refractivity contribution in [2.45, 2.75) is 57.6 Å². The SMILES string of the molecule is COc1cc(N2CCN(C(=O)OC(C)(C)C)CC2)ccc1NC1=NC(Nc2ccccc2NS(=O)(=O)NC(=O)C(C)(C)C)C(Cl)(Cl)C=N1. The molecule has 2 aromatic rings. The van der Waals surface area contributed by atoms with E-state index in [1.165, 1.54) is 12.3 Å². The molecule has 0 spiro atoms. The molecule has 2 aromatic carbocycles. The highest BCUT2D eigenvalue weighted by atomic mass is 35.5. The van der Waals surface area contributed by atoms with Gasteiger partial charge in [0.2, 0.25) is 11.9 Å². The summed E-state index contributed by atoms with van der Waals surface area (Å²) in [4.78, 5) is 37.5. The number of aliphatic imine (C=N–C) groups is 2. The van der Waals surface area contributed by atoms with Crippen molar-refractivity contribution in [3.05, 3.63) is 42.5 Å². The minimum absolute atomic E-state index is 0.132. The third kappa shape index (κ3) is 9.80. The highest BCUT2D eigenvalue weighted by molar-refractivity contribution is 7.91. The van der Waals surface area contributed by atoms with Crippen LogP contribution in [0, 0.1) is 5.41 Å². The zero-order valence-corrected chi connectivity index (χ0v) is 30.3. The molecule has 1 unspecified atom stereocenters. The first-order valence-electron chi connectivity index (χ1n) is 15.2. The minimum atomic E-state index is -4.26. The van der Waals surface area contributed by atoms with Gasteiger partial charge in [0.25, 0.3) is 0 Å². The van der Waals surface area contributed by atoms with Gasteiger partial charge in [-0.3, -0.25) is 9.52 Å². The fourth-order valence-corrected chi connectivity index (χ4v) is 5.89. The molecule has 0 radical (unpaired) electrons. The number of carbonyl (C=O) groups excluding carboxylic acids is 2. The lowest BCUT2D eigenvalue weighted by molar-refractivity contribution is -0.126. The molecule has 0 bridgehead atoms. The number of amides is 2. The van der Waals surface area contributed by atoms with Crippen LogP contribution < -0.4 is 29.7 Å². The largest absolute Gasteiger partial charge is 0.494 e. The summed E-state index contributed by atoms with van der Waals surface area (Å²) >= 11 is 13.1. The molecular weight excluding hydrogens is 683 g/mol. The molecule has 0 saturated carbocycles. The van der Waals surface area contributed by atoms with Crippen LogP contribution in [-0.2, 0) is 19.7 Å². The number of hydrogen-bond donors (Lipinski definition) is 4. The normalized spacial score (nSPS) is 18.0.